The molecule has 1 atom stereocenters. The number of hydrogen-bond donors (Lipinski definition) is 1. The molecule has 1 N–H and O–H groups in total. The van der Waals surface area contributed by atoms with Gasteiger partial charge in [-0.15, -0.1) is 0 Å². The lowest BCUT2D eigenvalue weighted by Crippen LogP contribution is -2.52. The molecule has 6 heteroatoms. The Kier molecular flexibility index (Phi) is 4.81. The third-order valence-corrected chi connectivity index (χ3v) is 4.36. The summed E-state index contributed by atoms with van der Waals surface area (Å²) in [4.78, 5) is 25.3. The summed E-state index contributed by atoms with van der Waals surface area (Å²) in [5, 5.41) is 9.25. The number of ether oxygens (including phenoxy) is 2. The van der Waals surface area contributed by atoms with E-state index in [0.29, 0.717) is 17.9 Å². The highest BCUT2D eigenvalue weighted by Gasteiger charge is 2.33. The molecule has 2 fully saturated rings. The van der Waals surface area contributed by atoms with E-state index in [0.717, 1.165) is 12.8 Å². The van der Waals surface area contributed by atoms with Crippen molar-refractivity contribution in [1.29, 1.82) is 0 Å². The Labute approximate surface area is 135 Å². The molecular formula is C17H21NO5. The Hall–Kier alpha value is -2.08. The van der Waals surface area contributed by atoms with Crippen molar-refractivity contribution in [2.45, 2.75) is 37.8 Å². The third kappa shape index (κ3) is 3.64. The van der Waals surface area contributed by atoms with Gasteiger partial charge in [0.25, 0.3) is 5.91 Å². The van der Waals surface area contributed by atoms with Crippen LogP contribution in [-0.4, -0.2) is 53.8 Å². The standard InChI is InChI=1S/C17H21NO5/c19-16(18-8-9-22-11-15(18)17(20)21)12-4-3-7-14(10-12)23-13-5-1-2-6-13/h3-4,7,10,13,15H,1-2,5-6,8-9,11H2,(H,20,21)/t15-/m1/s1. The summed E-state index contributed by atoms with van der Waals surface area (Å²) in [6, 6.07) is 6.07. The molecule has 1 aromatic carbocycles. The second-order valence-corrected chi connectivity index (χ2v) is 5.98. The average molecular weight is 319 g/mol. The van der Waals surface area contributed by atoms with Crippen LogP contribution in [0.2, 0.25) is 0 Å². The first-order valence-electron chi connectivity index (χ1n) is 8.03. The molecule has 1 saturated heterocycles. The lowest BCUT2D eigenvalue weighted by Gasteiger charge is -2.33. The van der Waals surface area contributed by atoms with Gasteiger partial charge in [0, 0.05) is 12.1 Å². The van der Waals surface area contributed by atoms with Crippen LogP contribution < -0.4 is 4.74 Å². The molecule has 2 aliphatic rings. The number of carbonyl (C=O) groups is 2. The summed E-state index contributed by atoms with van der Waals surface area (Å²) in [5.41, 5.74) is 0.452. The minimum absolute atomic E-state index is 0.0271. The van der Waals surface area contributed by atoms with Crippen LogP contribution in [0.3, 0.4) is 0 Å². The van der Waals surface area contributed by atoms with Crippen LogP contribution >= 0.6 is 0 Å². The predicted octanol–water partition coefficient (Wildman–Crippen LogP) is 1.93. The zero-order valence-electron chi connectivity index (χ0n) is 12.9. The zero-order valence-corrected chi connectivity index (χ0v) is 12.9. The summed E-state index contributed by atoms with van der Waals surface area (Å²) >= 11 is 0. The van der Waals surface area contributed by atoms with Crippen LogP contribution in [0.4, 0.5) is 0 Å². The van der Waals surface area contributed by atoms with Gasteiger partial charge >= 0.3 is 5.97 Å². The van der Waals surface area contributed by atoms with Crippen LogP contribution in [-0.2, 0) is 9.53 Å². The van der Waals surface area contributed by atoms with E-state index in [1.54, 1.807) is 18.2 Å². The van der Waals surface area contributed by atoms with Gasteiger partial charge in [-0.3, -0.25) is 4.79 Å². The molecule has 0 unspecified atom stereocenters. The maximum absolute atomic E-state index is 12.7. The summed E-state index contributed by atoms with van der Waals surface area (Å²) in [5.74, 6) is -0.670. The fourth-order valence-corrected chi connectivity index (χ4v) is 3.12. The van der Waals surface area contributed by atoms with E-state index < -0.39 is 12.0 Å². The first-order valence-corrected chi connectivity index (χ1v) is 8.03. The number of carboxylic acid groups (broad SMARTS) is 1. The summed E-state index contributed by atoms with van der Waals surface area (Å²) < 4.78 is 11.1. The van der Waals surface area contributed by atoms with Gasteiger partial charge in [-0.25, -0.2) is 4.79 Å². The van der Waals surface area contributed by atoms with E-state index in [1.165, 1.54) is 17.7 Å². The topological polar surface area (TPSA) is 76.1 Å². The number of carbonyl (C=O) groups excluding carboxylic acids is 1. The zero-order chi connectivity index (χ0) is 16.2. The molecule has 0 bridgehead atoms. The molecule has 6 nitrogen and oxygen atoms in total. The number of rotatable bonds is 4. The monoisotopic (exact) mass is 319 g/mol. The van der Waals surface area contributed by atoms with Crippen molar-refractivity contribution < 1.29 is 24.2 Å². The maximum Gasteiger partial charge on any atom is 0.328 e. The number of carboxylic acids is 1. The summed E-state index contributed by atoms with van der Waals surface area (Å²) in [7, 11) is 0. The first-order chi connectivity index (χ1) is 11.1. The molecular weight excluding hydrogens is 298 g/mol. The number of hydrogen-bond acceptors (Lipinski definition) is 4. The smallest absolute Gasteiger partial charge is 0.328 e. The average Bonchev–Trinajstić information content (AvgIpc) is 3.07. The Morgan fingerprint density at radius 1 is 1.26 bits per heavy atom. The van der Waals surface area contributed by atoms with E-state index in [1.807, 2.05) is 6.07 Å². The van der Waals surface area contributed by atoms with E-state index in [9.17, 15) is 14.7 Å². The van der Waals surface area contributed by atoms with Crippen LogP contribution in [0.15, 0.2) is 24.3 Å². The molecule has 0 spiro atoms. The number of morpholine rings is 1. The largest absolute Gasteiger partial charge is 0.490 e. The molecule has 1 heterocycles. The molecule has 1 amide bonds. The first kappa shape index (κ1) is 15.8. The Morgan fingerprint density at radius 2 is 2.04 bits per heavy atom. The number of benzene rings is 1. The van der Waals surface area contributed by atoms with Crippen LogP contribution in [0.1, 0.15) is 36.0 Å². The lowest BCUT2D eigenvalue weighted by molar-refractivity contribution is -0.147. The molecule has 3 rings (SSSR count). The van der Waals surface area contributed by atoms with Crippen molar-refractivity contribution in [2.24, 2.45) is 0 Å². The maximum atomic E-state index is 12.7. The van der Waals surface area contributed by atoms with Crippen molar-refractivity contribution in [3.63, 3.8) is 0 Å². The molecule has 1 aliphatic heterocycles. The van der Waals surface area contributed by atoms with Crippen LogP contribution in [0.25, 0.3) is 0 Å². The minimum atomic E-state index is -1.04. The minimum Gasteiger partial charge on any atom is -0.490 e. The van der Waals surface area contributed by atoms with Crippen molar-refractivity contribution in [2.75, 3.05) is 19.8 Å². The molecule has 124 valence electrons. The molecule has 1 aromatic rings. The lowest BCUT2D eigenvalue weighted by atomic mass is 10.1. The summed E-state index contributed by atoms with van der Waals surface area (Å²) in [6.45, 7) is 0.663. The van der Waals surface area contributed by atoms with Gasteiger partial charge < -0.3 is 19.5 Å². The van der Waals surface area contributed by atoms with Crippen LogP contribution in [0, 0.1) is 0 Å². The van der Waals surface area contributed by atoms with Gasteiger partial charge in [-0.1, -0.05) is 6.07 Å². The van der Waals surface area contributed by atoms with Crippen molar-refractivity contribution in [3.8, 4) is 5.75 Å². The quantitative estimate of drug-likeness (QED) is 0.918. The highest BCUT2D eigenvalue weighted by atomic mass is 16.5. The Balaban J connectivity index is 1.74. The fourth-order valence-electron chi connectivity index (χ4n) is 3.12. The van der Waals surface area contributed by atoms with E-state index in [2.05, 4.69) is 0 Å². The molecule has 23 heavy (non-hydrogen) atoms. The van der Waals surface area contributed by atoms with Gasteiger partial charge in [0.1, 0.15) is 5.75 Å². The van der Waals surface area contributed by atoms with Crippen molar-refractivity contribution in [3.05, 3.63) is 29.8 Å². The normalized spacial score (nSPS) is 22.1. The second kappa shape index (κ2) is 7.00. The highest BCUT2D eigenvalue weighted by molar-refractivity contribution is 5.97. The fraction of sp³-hybridized carbons (Fsp3) is 0.529. The van der Waals surface area contributed by atoms with Gasteiger partial charge in [-0.2, -0.15) is 0 Å². The molecule has 0 radical (unpaired) electrons. The Bertz CT molecular complexity index is 582. The SMILES string of the molecule is O=C(O)[C@H]1COCCN1C(=O)c1cccc(OC2CCCC2)c1. The summed E-state index contributed by atoms with van der Waals surface area (Å²) in [6.07, 6.45) is 4.66. The van der Waals surface area contributed by atoms with E-state index in [-0.39, 0.29) is 25.2 Å². The molecule has 1 saturated carbocycles. The molecule has 0 aromatic heterocycles. The van der Waals surface area contributed by atoms with Gasteiger partial charge in [-0.05, 0) is 43.9 Å². The second-order valence-electron chi connectivity index (χ2n) is 5.98. The van der Waals surface area contributed by atoms with Gasteiger partial charge in [0.2, 0.25) is 0 Å². The number of amides is 1. The van der Waals surface area contributed by atoms with E-state index >= 15 is 0 Å². The number of aliphatic carboxylic acids is 1. The van der Waals surface area contributed by atoms with E-state index in [4.69, 9.17) is 9.47 Å². The van der Waals surface area contributed by atoms with Crippen LogP contribution in [0.5, 0.6) is 5.75 Å². The molecule has 1 aliphatic carbocycles. The third-order valence-electron chi connectivity index (χ3n) is 4.36. The number of nitrogens with zero attached hydrogens (tertiary/aromatic N) is 1. The highest BCUT2D eigenvalue weighted by Crippen LogP contribution is 2.25. The van der Waals surface area contributed by atoms with Gasteiger partial charge in [0.15, 0.2) is 6.04 Å². The van der Waals surface area contributed by atoms with Crippen molar-refractivity contribution in [1.82, 2.24) is 4.90 Å². The predicted molar refractivity (Wildman–Crippen MR) is 82.6 cm³/mol. The Morgan fingerprint density at radius 3 is 2.78 bits per heavy atom. The van der Waals surface area contributed by atoms with Gasteiger partial charge in [0.05, 0.1) is 19.3 Å². The van der Waals surface area contributed by atoms with Crippen molar-refractivity contribution >= 4 is 11.9 Å².